The lowest BCUT2D eigenvalue weighted by atomic mass is 10.2. The van der Waals surface area contributed by atoms with E-state index in [2.05, 4.69) is 22.1 Å². The van der Waals surface area contributed by atoms with Crippen molar-refractivity contribution >= 4 is 33.0 Å². The SMILES string of the molecule is CCCCn1nc(C)c(NC(=O)c2ccc(NS(=O)(=O)c3ccccc3[N+](=O)[O-])cc2)c1C. The van der Waals surface area contributed by atoms with Gasteiger partial charge in [0.1, 0.15) is 0 Å². The molecule has 0 spiro atoms. The Kier molecular flexibility index (Phi) is 7.12. The molecule has 1 amide bonds. The van der Waals surface area contributed by atoms with Crippen molar-refractivity contribution in [2.24, 2.45) is 0 Å². The van der Waals surface area contributed by atoms with Crippen LogP contribution in [0.4, 0.5) is 17.1 Å². The molecule has 1 heterocycles. The molecule has 3 rings (SSSR count). The Morgan fingerprint density at radius 2 is 1.79 bits per heavy atom. The first kappa shape index (κ1) is 23.9. The van der Waals surface area contributed by atoms with Crippen LogP contribution in [-0.4, -0.2) is 29.0 Å². The number of nitro groups is 1. The Labute approximate surface area is 191 Å². The van der Waals surface area contributed by atoms with Gasteiger partial charge in [-0.3, -0.25) is 24.3 Å². The molecule has 3 aromatic rings. The molecule has 0 fully saturated rings. The number of unbranched alkanes of at least 4 members (excludes halogenated alkanes) is 1. The molecular weight excluding hydrogens is 446 g/mol. The molecule has 0 bridgehead atoms. The van der Waals surface area contributed by atoms with Crippen LogP contribution in [0.5, 0.6) is 0 Å². The van der Waals surface area contributed by atoms with Gasteiger partial charge in [-0.25, -0.2) is 8.42 Å². The average Bonchev–Trinajstić information content (AvgIpc) is 3.05. The highest BCUT2D eigenvalue weighted by atomic mass is 32.2. The maximum atomic E-state index is 12.7. The van der Waals surface area contributed by atoms with Gasteiger partial charge in [0.25, 0.3) is 21.6 Å². The normalized spacial score (nSPS) is 11.2. The van der Waals surface area contributed by atoms with Crippen LogP contribution in [0, 0.1) is 24.0 Å². The molecule has 2 aromatic carbocycles. The van der Waals surface area contributed by atoms with Crippen molar-refractivity contribution in [2.45, 2.75) is 45.1 Å². The number of benzene rings is 2. The van der Waals surface area contributed by atoms with Gasteiger partial charge in [-0.2, -0.15) is 5.10 Å². The lowest BCUT2D eigenvalue weighted by Gasteiger charge is -2.10. The second kappa shape index (κ2) is 9.82. The van der Waals surface area contributed by atoms with E-state index in [0.29, 0.717) is 16.9 Å². The first-order valence-electron chi connectivity index (χ1n) is 10.4. The van der Waals surface area contributed by atoms with Crippen molar-refractivity contribution in [3.8, 4) is 0 Å². The third kappa shape index (κ3) is 5.37. The van der Waals surface area contributed by atoms with Crippen molar-refractivity contribution in [2.75, 3.05) is 10.0 Å². The van der Waals surface area contributed by atoms with Gasteiger partial charge in [-0.15, -0.1) is 0 Å². The molecule has 10 nitrogen and oxygen atoms in total. The molecule has 0 radical (unpaired) electrons. The maximum Gasteiger partial charge on any atom is 0.289 e. The largest absolute Gasteiger partial charge is 0.319 e. The Hall–Kier alpha value is -3.73. The molecule has 2 N–H and O–H groups in total. The van der Waals surface area contributed by atoms with E-state index >= 15 is 0 Å². The zero-order chi connectivity index (χ0) is 24.2. The third-order valence-corrected chi connectivity index (χ3v) is 6.52. The quantitative estimate of drug-likeness (QED) is 0.353. The summed E-state index contributed by atoms with van der Waals surface area (Å²) in [5.41, 5.74) is 2.20. The van der Waals surface area contributed by atoms with Crippen LogP contribution < -0.4 is 10.0 Å². The van der Waals surface area contributed by atoms with Gasteiger partial charge in [-0.1, -0.05) is 25.5 Å². The third-order valence-electron chi connectivity index (χ3n) is 5.09. The standard InChI is InChI=1S/C22H25N5O5S/c1-4-5-14-26-16(3)21(15(2)24-26)23-22(28)17-10-12-18(13-11-17)25-33(31,32)20-9-7-6-8-19(20)27(29)30/h6-13,25H,4-5,14H2,1-3H3,(H,23,28). The smallest absolute Gasteiger partial charge is 0.289 e. The molecule has 0 aliphatic heterocycles. The number of hydrogen-bond acceptors (Lipinski definition) is 6. The number of carbonyl (C=O) groups is 1. The molecule has 0 aliphatic carbocycles. The molecule has 0 atom stereocenters. The van der Waals surface area contributed by atoms with E-state index in [9.17, 15) is 23.3 Å². The van der Waals surface area contributed by atoms with Crippen molar-refractivity contribution in [1.82, 2.24) is 9.78 Å². The molecular formula is C22H25N5O5S. The van der Waals surface area contributed by atoms with Crippen LogP contribution in [0.25, 0.3) is 0 Å². The summed E-state index contributed by atoms with van der Waals surface area (Å²) in [6.45, 7) is 6.59. The molecule has 11 heteroatoms. The number of nitrogens with zero attached hydrogens (tertiary/aromatic N) is 3. The van der Waals surface area contributed by atoms with Gasteiger partial charge < -0.3 is 5.32 Å². The number of hydrogen-bond donors (Lipinski definition) is 2. The van der Waals surface area contributed by atoms with E-state index in [1.54, 1.807) is 0 Å². The number of nitrogens with one attached hydrogen (secondary N) is 2. The number of nitro benzene ring substituents is 1. The van der Waals surface area contributed by atoms with Gasteiger partial charge in [0.2, 0.25) is 0 Å². The number of anilines is 2. The molecule has 1 aromatic heterocycles. The van der Waals surface area contributed by atoms with E-state index in [0.717, 1.165) is 37.2 Å². The Balaban J connectivity index is 1.75. The molecule has 0 saturated carbocycles. The zero-order valence-electron chi connectivity index (χ0n) is 18.5. The topological polar surface area (TPSA) is 136 Å². The number of aryl methyl sites for hydroxylation is 2. The Bertz CT molecular complexity index is 1280. The Morgan fingerprint density at radius 3 is 2.42 bits per heavy atom. The first-order valence-corrected chi connectivity index (χ1v) is 11.8. The summed E-state index contributed by atoms with van der Waals surface area (Å²) in [7, 11) is -4.19. The van der Waals surface area contributed by atoms with Gasteiger partial charge >= 0.3 is 0 Å². The fourth-order valence-electron chi connectivity index (χ4n) is 3.32. The van der Waals surface area contributed by atoms with Gasteiger partial charge in [-0.05, 0) is 50.6 Å². The maximum absolute atomic E-state index is 12.7. The van der Waals surface area contributed by atoms with E-state index in [-0.39, 0.29) is 11.6 Å². The lowest BCUT2D eigenvalue weighted by Crippen LogP contribution is -2.16. The van der Waals surface area contributed by atoms with Crippen LogP contribution in [0.2, 0.25) is 0 Å². The van der Waals surface area contributed by atoms with E-state index in [4.69, 9.17) is 0 Å². The predicted octanol–water partition coefficient (Wildman–Crippen LogP) is 4.26. The van der Waals surface area contributed by atoms with Gasteiger partial charge in [0, 0.05) is 23.9 Å². The minimum absolute atomic E-state index is 0.171. The minimum atomic E-state index is -4.19. The summed E-state index contributed by atoms with van der Waals surface area (Å²) in [6, 6.07) is 10.9. The number of para-hydroxylation sites is 1. The van der Waals surface area contributed by atoms with Crippen molar-refractivity contribution in [1.29, 1.82) is 0 Å². The number of sulfonamides is 1. The highest BCUT2D eigenvalue weighted by Crippen LogP contribution is 2.26. The summed E-state index contributed by atoms with van der Waals surface area (Å²) < 4.78 is 29.4. The van der Waals surface area contributed by atoms with Crippen LogP contribution in [-0.2, 0) is 16.6 Å². The van der Waals surface area contributed by atoms with E-state index < -0.39 is 25.5 Å². The van der Waals surface area contributed by atoms with Crippen LogP contribution in [0.1, 0.15) is 41.5 Å². The highest BCUT2D eigenvalue weighted by molar-refractivity contribution is 7.92. The zero-order valence-corrected chi connectivity index (χ0v) is 19.3. The van der Waals surface area contributed by atoms with E-state index in [1.807, 2.05) is 18.5 Å². The monoisotopic (exact) mass is 471 g/mol. The van der Waals surface area contributed by atoms with Crippen molar-refractivity contribution in [3.05, 3.63) is 75.6 Å². The predicted molar refractivity (Wildman–Crippen MR) is 125 cm³/mol. The van der Waals surface area contributed by atoms with Crippen molar-refractivity contribution in [3.63, 3.8) is 0 Å². The number of aromatic nitrogens is 2. The second-order valence-corrected chi connectivity index (χ2v) is 9.14. The highest BCUT2D eigenvalue weighted by Gasteiger charge is 2.25. The minimum Gasteiger partial charge on any atom is -0.319 e. The second-order valence-electron chi connectivity index (χ2n) is 7.48. The number of rotatable bonds is 9. The summed E-state index contributed by atoms with van der Waals surface area (Å²) in [6.07, 6.45) is 2.02. The van der Waals surface area contributed by atoms with Crippen molar-refractivity contribution < 1.29 is 18.1 Å². The molecule has 0 unspecified atom stereocenters. The molecule has 0 aliphatic rings. The fraction of sp³-hybridized carbons (Fsp3) is 0.273. The lowest BCUT2D eigenvalue weighted by molar-refractivity contribution is -0.387. The summed E-state index contributed by atoms with van der Waals surface area (Å²) >= 11 is 0. The molecule has 0 saturated heterocycles. The first-order chi connectivity index (χ1) is 15.6. The summed E-state index contributed by atoms with van der Waals surface area (Å²) in [5, 5.41) is 18.5. The molecule has 33 heavy (non-hydrogen) atoms. The summed E-state index contributed by atoms with van der Waals surface area (Å²) in [5.74, 6) is -0.357. The Morgan fingerprint density at radius 1 is 1.12 bits per heavy atom. The molecule has 174 valence electrons. The van der Waals surface area contributed by atoms with Crippen LogP contribution >= 0.6 is 0 Å². The van der Waals surface area contributed by atoms with E-state index in [1.165, 1.54) is 36.4 Å². The average molecular weight is 472 g/mol. The van der Waals surface area contributed by atoms with Gasteiger partial charge in [0.05, 0.1) is 22.0 Å². The summed E-state index contributed by atoms with van der Waals surface area (Å²) in [4.78, 5) is 22.7. The van der Waals surface area contributed by atoms with Crippen LogP contribution in [0.3, 0.4) is 0 Å². The number of amides is 1. The van der Waals surface area contributed by atoms with Crippen LogP contribution in [0.15, 0.2) is 53.4 Å². The number of carbonyl (C=O) groups excluding carboxylic acids is 1. The van der Waals surface area contributed by atoms with Gasteiger partial charge in [0.15, 0.2) is 4.90 Å². The fourth-order valence-corrected chi connectivity index (χ4v) is 4.56.